The lowest BCUT2D eigenvalue weighted by molar-refractivity contribution is 0.0309. The van der Waals surface area contributed by atoms with Gasteiger partial charge in [-0.25, -0.2) is 0 Å². The van der Waals surface area contributed by atoms with Crippen LogP contribution in [-0.4, -0.2) is 23.3 Å². The van der Waals surface area contributed by atoms with E-state index in [1.54, 1.807) is 0 Å². The Hall–Kier alpha value is -0.0800. The summed E-state index contributed by atoms with van der Waals surface area (Å²) >= 11 is 0. The van der Waals surface area contributed by atoms with Gasteiger partial charge in [-0.05, 0) is 38.1 Å². The largest absolute Gasteiger partial charge is 0.390 e. The third-order valence-corrected chi connectivity index (χ3v) is 2.63. The second-order valence-corrected chi connectivity index (χ2v) is 6.42. The third kappa shape index (κ3) is 10.2. The molecule has 0 radical (unpaired) electrons. The molecule has 0 aliphatic carbocycles. The molecule has 2 heteroatoms. The van der Waals surface area contributed by atoms with Crippen LogP contribution in [0.1, 0.15) is 60.8 Å². The predicted octanol–water partition coefficient (Wildman–Crippen LogP) is 2.95. The van der Waals surface area contributed by atoms with Crippen molar-refractivity contribution in [2.45, 2.75) is 72.4 Å². The molecule has 0 saturated carbocycles. The average Bonchev–Trinajstić information content (AvgIpc) is 1.99. The average molecular weight is 215 g/mol. The summed E-state index contributed by atoms with van der Waals surface area (Å²) in [6.45, 7) is 13.8. The second kappa shape index (κ2) is 5.86. The quantitative estimate of drug-likeness (QED) is 0.714. The van der Waals surface area contributed by atoms with Crippen LogP contribution in [0.25, 0.3) is 0 Å². The molecule has 0 bridgehead atoms. The van der Waals surface area contributed by atoms with Gasteiger partial charge in [0.1, 0.15) is 0 Å². The highest BCUT2D eigenvalue weighted by molar-refractivity contribution is 4.77. The summed E-state index contributed by atoms with van der Waals surface area (Å²) < 4.78 is 0. The number of rotatable bonds is 6. The SMILES string of the molecule is CC(C)NCCC(C)(O)CCC(C)(C)C. The van der Waals surface area contributed by atoms with E-state index < -0.39 is 5.60 Å². The molecule has 0 aromatic heterocycles. The number of nitrogens with one attached hydrogen (secondary N) is 1. The van der Waals surface area contributed by atoms with Crippen LogP contribution in [0.4, 0.5) is 0 Å². The Morgan fingerprint density at radius 1 is 1.00 bits per heavy atom. The van der Waals surface area contributed by atoms with Crippen LogP contribution in [-0.2, 0) is 0 Å². The van der Waals surface area contributed by atoms with Crippen molar-refractivity contribution >= 4 is 0 Å². The summed E-state index contributed by atoms with van der Waals surface area (Å²) in [4.78, 5) is 0. The van der Waals surface area contributed by atoms with Crippen molar-refractivity contribution in [3.05, 3.63) is 0 Å². The van der Waals surface area contributed by atoms with Gasteiger partial charge in [-0.15, -0.1) is 0 Å². The molecule has 0 saturated heterocycles. The number of hydrogen-bond acceptors (Lipinski definition) is 2. The van der Waals surface area contributed by atoms with Crippen molar-refractivity contribution in [3.63, 3.8) is 0 Å². The first-order valence-electron chi connectivity index (χ1n) is 6.08. The fourth-order valence-electron chi connectivity index (χ4n) is 1.40. The molecule has 2 N–H and O–H groups in total. The molecule has 0 fully saturated rings. The molecule has 0 aliphatic rings. The standard InChI is InChI=1S/C13H29NO/c1-11(2)14-10-9-13(6,15)8-7-12(3,4)5/h11,14-15H,7-10H2,1-6H3. The van der Waals surface area contributed by atoms with E-state index in [0.29, 0.717) is 11.5 Å². The zero-order valence-corrected chi connectivity index (χ0v) is 11.4. The summed E-state index contributed by atoms with van der Waals surface area (Å²) in [5.74, 6) is 0. The van der Waals surface area contributed by atoms with E-state index >= 15 is 0 Å². The highest BCUT2D eigenvalue weighted by Gasteiger charge is 2.22. The van der Waals surface area contributed by atoms with E-state index in [1.165, 1.54) is 0 Å². The van der Waals surface area contributed by atoms with Gasteiger partial charge in [-0.1, -0.05) is 34.6 Å². The highest BCUT2D eigenvalue weighted by atomic mass is 16.3. The Bertz CT molecular complexity index is 168. The fraction of sp³-hybridized carbons (Fsp3) is 1.00. The van der Waals surface area contributed by atoms with Crippen LogP contribution in [0.2, 0.25) is 0 Å². The first-order chi connectivity index (χ1) is 6.62. The summed E-state index contributed by atoms with van der Waals surface area (Å²) in [6, 6.07) is 0.503. The molecule has 15 heavy (non-hydrogen) atoms. The Balaban J connectivity index is 3.77. The predicted molar refractivity (Wildman–Crippen MR) is 67.1 cm³/mol. The molecule has 2 nitrogen and oxygen atoms in total. The lowest BCUT2D eigenvalue weighted by Crippen LogP contribution is -2.33. The molecule has 0 heterocycles. The molecular weight excluding hydrogens is 186 g/mol. The maximum Gasteiger partial charge on any atom is 0.0632 e. The highest BCUT2D eigenvalue weighted by Crippen LogP contribution is 2.26. The smallest absolute Gasteiger partial charge is 0.0632 e. The van der Waals surface area contributed by atoms with E-state index in [9.17, 15) is 5.11 Å². The molecule has 1 unspecified atom stereocenters. The molecule has 92 valence electrons. The lowest BCUT2D eigenvalue weighted by atomic mass is 9.84. The number of aliphatic hydroxyl groups is 1. The Kier molecular flexibility index (Phi) is 5.82. The summed E-state index contributed by atoms with van der Waals surface area (Å²) in [7, 11) is 0. The third-order valence-electron chi connectivity index (χ3n) is 2.63. The molecule has 0 aliphatic heterocycles. The van der Waals surface area contributed by atoms with Crippen molar-refractivity contribution in [1.29, 1.82) is 0 Å². The maximum absolute atomic E-state index is 10.2. The Morgan fingerprint density at radius 2 is 1.53 bits per heavy atom. The molecule has 0 spiro atoms. The van der Waals surface area contributed by atoms with Crippen molar-refractivity contribution in [2.24, 2.45) is 5.41 Å². The molecule has 0 aromatic carbocycles. The minimum absolute atomic E-state index is 0.315. The Labute approximate surface area is 95.5 Å². The van der Waals surface area contributed by atoms with Gasteiger partial charge in [0.05, 0.1) is 5.60 Å². The van der Waals surface area contributed by atoms with Gasteiger partial charge in [-0.3, -0.25) is 0 Å². The minimum Gasteiger partial charge on any atom is -0.390 e. The van der Waals surface area contributed by atoms with E-state index in [2.05, 4.69) is 39.9 Å². The van der Waals surface area contributed by atoms with Gasteiger partial charge in [-0.2, -0.15) is 0 Å². The second-order valence-electron chi connectivity index (χ2n) is 6.42. The van der Waals surface area contributed by atoms with Crippen molar-refractivity contribution in [1.82, 2.24) is 5.32 Å². The van der Waals surface area contributed by atoms with Gasteiger partial charge in [0.25, 0.3) is 0 Å². The first-order valence-corrected chi connectivity index (χ1v) is 6.08. The number of hydrogen-bond donors (Lipinski definition) is 2. The zero-order valence-electron chi connectivity index (χ0n) is 11.4. The van der Waals surface area contributed by atoms with Gasteiger partial charge < -0.3 is 10.4 Å². The monoisotopic (exact) mass is 215 g/mol. The van der Waals surface area contributed by atoms with E-state index in [4.69, 9.17) is 0 Å². The lowest BCUT2D eigenvalue weighted by Gasteiger charge is -2.28. The van der Waals surface area contributed by atoms with E-state index in [-0.39, 0.29) is 0 Å². The molecule has 0 rings (SSSR count). The van der Waals surface area contributed by atoms with Crippen LogP contribution in [0.3, 0.4) is 0 Å². The van der Waals surface area contributed by atoms with Gasteiger partial charge in [0.2, 0.25) is 0 Å². The van der Waals surface area contributed by atoms with Gasteiger partial charge >= 0.3 is 0 Å². The van der Waals surface area contributed by atoms with Crippen LogP contribution in [0.5, 0.6) is 0 Å². The maximum atomic E-state index is 10.2. The molecule has 0 aromatic rings. The summed E-state index contributed by atoms with van der Waals surface area (Å²) in [6.07, 6.45) is 2.79. The summed E-state index contributed by atoms with van der Waals surface area (Å²) in [5.41, 5.74) is -0.204. The van der Waals surface area contributed by atoms with Gasteiger partial charge in [0, 0.05) is 6.04 Å². The van der Waals surface area contributed by atoms with Crippen molar-refractivity contribution in [2.75, 3.05) is 6.54 Å². The normalized spacial score (nSPS) is 16.8. The van der Waals surface area contributed by atoms with Crippen LogP contribution >= 0.6 is 0 Å². The zero-order chi connectivity index (χ0) is 12.1. The minimum atomic E-state index is -0.519. The van der Waals surface area contributed by atoms with Gasteiger partial charge in [0.15, 0.2) is 0 Å². The Morgan fingerprint density at radius 3 is 1.93 bits per heavy atom. The summed E-state index contributed by atoms with van der Waals surface area (Å²) in [5, 5.41) is 13.5. The fourth-order valence-corrected chi connectivity index (χ4v) is 1.40. The molecular formula is C13H29NO. The molecule has 0 amide bonds. The van der Waals surface area contributed by atoms with Crippen molar-refractivity contribution < 1.29 is 5.11 Å². The van der Waals surface area contributed by atoms with Crippen LogP contribution < -0.4 is 5.32 Å². The van der Waals surface area contributed by atoms with Crippen LogP contribution in [0.15, 0.2) is 0 Å². The van der Waals surface area contributed by atoms with E-state index in [1.807, 2.05) is 6.92 Å². The van der Waals surface area contributed by atoms with Crippen LogP contribution in [0, 0.1) is 5.41 Å². The first kappa shape index (κ1) is 14.9. The van der Waals surface area contributed by atoms with Crippen molar-refractivity contribution in [3.8, 4) is 0 Å². The topological polar surface area (TPSA) is 32.3 Å². The molecule has 1 atom stereocenters. The van der Waals surface area contributed by atoms with E-state index in [0.717, 1.165) is 25.8 Å².